The molecule has 0 aliphatic carbocycles. The first kappa shape index (κ1) is 22.7. The summed E-state index contributed by atoms with van der Waals surface area (Å²) < 4.78 is 1.98. The number of fused-ring (bicyclic) bond motifs is 1. The normalized spacial score (nSPS) is 18.2. The van der Waals surface area contributed by atoms with Crippen molar-refractivity contribution in [2.24, 2.45) is 5.41 Å². The third-order valence-electron chi connectivity index (χ3n) is 5.27. The molecule has 2 aliphatic rings. The number of aryl methyl sites for hydroxylation is 1. The van der Waals surface area contributed by atoms with Gasteiger partial charge in [0.15, 0.2) is 0 Å². The highest BCUT2D eigenvalue weighted by atomic mass is 35.5. The van der Waals surface area contributed by atoms with Crippen LogP contribution in [-0.4, -0.2) is 64.9 Å². The van der Waals surface area contributed by atoms with Gasteiger partial charge in [-0.25, -0.2) is 4.98 Å². The fourth-order valence-corrected chi connectivity index (χ4v) is 3.69. The molecular weight excluding hydrogens is 377 g/mol. The lowest BCUT2D eigenvalue weighted by atomic mass is 9.79. The van der Waals surface area contributed by atoms with Crippen LogP contribution in [0.2, 0.25) is 0 Å². The van der Waals surface area contributed by atoms with Crippen molar-refractivity contribution in [3.05, 3.63) is 17.2 Å². The number of nitrogens with one attached hydrogen (secondary N) is 1. The first-order chi connectivity index (χ1) is 11.3. The fraction of sp³-hybridized carbons (Fsp3) is 0.706. The number of aromatic nitrogens is 2. The molecule has 148 valence electrons. The molecule has 0 aromatic carbocycles. The molecule has 9 heteroatoms. The molecule has 26 heavy (non-hydrogen) atoms. The van der Waals surface area contributed by atoms with Gasteiger partial charge in [-0.3, -0.25) is 9.59 Å². The maximum atomic E-state index is 13.0. The SMILES string of the molecule is Cc1nc2n(c1C(=O)N(C)C)CCN(C(=O)C1(C)CCNCC1)C2.Cl.Cl. The van der Waals surface area contributed by atoms with E-state index in [-0.39, 0.29) is 42.0 Å². The van der Waals surface area contributed by atoms with E-state index in [0.717, 1.165) is 37.4 Å². The van der Waals surface area contributed by atoms with Crippen molar-refractivity contribution in [3.8, 4) is 0 Å². The molecule has 7 nitrogen and oxygen atoms in total. The molecule has 0 radical (unpaired) electrons. The molecule has 2 aliphatic heterocycles. The molecule has 1 aromatic heterocycles. The van der Waals surface area contributed by atoms with E-state index in [1.165, 1.54) is 0 Å². The van der Waals surface area contributed by atoms with Gasteiger partial charge < -0.3 is 19.7 Å². The molecule has 0 unspecified atom stereocenters. The first-order valence-corrected chi connectivity index (χ1v) is 8.61. The smallest absolute Gasteiger partial charge is 0.271 e. The van der Waals surface area contributed by atoms with Gasteiger partial charge >= 0.3 is 0 Å². The van der Waals surface area contributed by atoms with Gasteiger partial charge in [0, 0.05) is 32.6 Å². The van der Waals surface area contributed by atoms with E-state index in [2.05, 4.69) is 17.2 Å². The molecule has 1 aromatic rings. The lowest BCUT2D eigenvalue weighted by molar-refractivity contribution is -0.144. The number of amides is 2. The van der Waals surface area contributed by atoms with Gasteiger partial charge in [-0.2, -0.15) is 0 Å². The van der Waals surface area contributed by atoms with Crippen molar-refractivity contribution < 1.29 is 9.59 Å². The summed E-state index contributed by atoms with van der Waals surface area (Å²) in [5.74, 6) is 1.00. The van der Waals surface area contributed by atoms with Gasteiger partial charge in [-0.15, -0.1) is 24.8 Å². The zero-order valence-electron chi connectivity index (χ0n) is 15.9. The van der Waals surface area contributed by atoms with E-state index >= 15 is 0 Å². The van der Waals surface area contributed by atoms with Crippen LogP contribution in [0.25, 0.3) is 0 Å². The van der Waals surface area contributed by atoms with Crippen molar-refractivity contribution in [2.75, 3.05) is 33.7 Å². The molecule has 1 fully saturated rings. The number of piperidine rings is 1. The van der Waals surface area contributed by atoms with Crippen molar-refractivity contribution in [2.45, 2.75) is 39.8 Å². The van der Waals surface area contributed by atoms with Gasteiger partial charge in [0.05, 0.1) is 12.2 Å². The van der Waals surface area contributed by atoms with Gasteiger partial charge in [-0.05, 0) is 32.9 Å². The average Bonchev–Trinajstić information content (AvgIpc) is 2.88. The summed E-state index contributed by atoms with van der Waals surface area (Å²) in [6.07, 6.45) is 1.75. The van der Waals surface area contributed by atoms with Crippen LogP contribution < -0.4 is 5.32 Å². The molecular formula is C17H29Cl2N5O2. The highest BCUT2D eigenvalue weighted by molar-refractivity contribution is 5.93. The van der Waals surface area contributed by atoms with E-state index in [1.807, 2.05) is 16.4 Å². The Morgan fingerprint density at radius 2 is 1.77 bits per heavy atom. The van der Waals surface area contributed by atoms with Crippen LogP contribution >= 0.6 is 24.8 Å². The van der Waals surface area contributed by atoms with Crippen LogP contribution in [0.15, 0.2) is 0 Å². The first-order valence-electron chi connectivity index (χ1n) is 8.61. The van der Waals surface area contributed by atoms with Crippen molar-refractivity contribution >= 4 is 36.6 Å². The molecule has 2 amide bonds. The zero-order valence-corrected chi connectivity index (χ0v) is 17.5. The van der Waals surface area contributed by atoms with E-state index in [4.69, 9.17) is 0 Å². The zero-order chi connectivity index (χ0) is 17.5. The van der Waals surface area contributed by atoms with Gasteiger partial charge in [0.1, 0.15) is 11.5 Å². The maximum Gasteiger partial charge on any atom is 0.271 e. The Kier molecular flexibility index (Phi) is 7.51. The number of carbonyl (C=O) groups is 2. The Bertz CT molecular complexity index is 668. The second-order valence-electron chi connectivity index (χ2n) is 7.35. The summed E-state index contributed by atoms with van der Waals surface area (Å²) >= 11 is 0. The van der Waals surface area contributed by atoms with E-state index in [9.17, 15) is 9.59 Å². The predicted molar refractivity (Wildman–Crippen MR) is 105 cm³/mol. The topological polar surface area (TPSA) is 70.5 Å². The Labute approximate surface area is 167 Å². The van der Waals surface area contributed by atoms with Crippen LogP contribution in [0.3, 0.4) is 0 Å². The summed E-state index contributed by atoms with van der Waals surface area (Å²) in [6, 6.07) is 0. The summed E-state index contributed by atoms with van der Waals surface area (Å²) in [4.78, 5) is 33.4. The van der Waals surface area contributed by atoms with E-state index in [1.54, 1.807) is 19.0 Å². The van der Waals surface area contributed by atoms with Gasteiger partial charge in [-0.1, -0.05) is 6.92 Å². The molecule has 3 rings (SSSR count). The van der Waals surface area contributed by atoms with E-state index < -0.39 is 0 Å². The molecule has 1 saturated heterocycles. The molecule has 1 N–H and O–H groups in total. The van der Waals surface area contributed by atoms with Gasteiger partial charge in [0.2, 0.25) is 5.91 Å². The van der Waals surface area contributed by atoms with Crippen molar-refractivity contribution in [3.63, 3.8) is 0 Å². The Balaban J connectivity index is 0.00000169. The van der Waals surface area contributed by atoms with Crippen LogP contribution in [0.4, 0.5) is 0 Å². The number of halogens is 2. The molecule has 0 bridgehead atoms. The van der Waals surface area contributed by atoms with Crippen LogP contribution in [0.5, 0.6) is 0 Å². The minimum absolute atomic E-state index is 0. The second kappa shape index (κ2) is 8.59. The molecule has 0 saturated carbocycles. The molecule has 0 atom stereocenters. The molecule has 3 heterocycles. The third-order valence-corrected chi connectivity index (χ3v) is 5.27. The standard InChI is InChI=1S/C17H27N5O2.2ClH/c1-12-14(15(23)20(3)4)22-10-9-21(11-13(22)19-12)16(24)17(2)5-7-18-8-6-17;;/h18H,5-11H2,1-4H3;2*1H. The highest BCUT2D eigenvalue weighted by Crippen LogP contribution is 2.32. The number of rotatable bonds is 2. The predicted octanol–water partition coefficient (Wildman–Crippen LogP) is 1.47. The van der Waals surface area contributed by atoms with E-state index in [0.29, 0.717) is 25.3 Å². The summed E-state index contributed by atoms with van der Waals surface area (Å²) in [6.45, 7) is 7.48. The third kappa shape index (κ3) is 4.00. The van der Waals surface area contributed by atoms with Crippen LogP contribution in [0, 0.1) is 12.3 Å². The number of imidazole rings is 1. The van der Waals surface area contributed by atoms with Crippen LogP contribution in [0.1, 0.15) is 41.8 Å². The maximum absolute atomic E-state index is 13.0. The summed E-state index contributed by atoms with van der Waals surface area (Å²) in [7, 11) is 3.50. The van der Waals surface area contributed by atoms with Crippen molar-refractivity contribution in [1.29, 1.82) is 0 Å². The number of hydrogen-bond acceptors (Lipinski definition) is 4. The second-order valence-corrected chi connectivity index (χ2v) is 7.35. The quantitative estimate of drug-likeness (QED) is 0.808. The van der Waals surface area contributed by atoms with Crippen molar-refractivity contribution in [1.82, 2.24) is 24.7 Å². The number of nitrogens with zero attached hydrogens (tertiary/aromatic N) is 4. The summed E-state index contributed by atoms with van der Waals surface area (Å²) in [5, 5.41) is 3.32. The Morgan fingerprint density at radius 1 is 1.15 bits per heavy atom. The highest BCUT2D eigenvalue weighted by Gasteiger charge is 2.39. The minimum atomic E-state index is -0.280. The number of carbonyl (C=O) groups excluding carboxylic acids is 2. The molecule has 0 spiro atoms. The Hall–Kier alpha value is -1.31. The lowest BCUT2D eigenvalue weighted by Gasteiger charge is -2.39. The minimum Gasteiger partial charge on any atom is -0.343 e. The summed E-state index contributed by atoms with van der Waals surface area (Å²) in [5.41, 5.74) is 1.11. The average molecular weight is 406 g/mol. The monoisotopic (exact) mass is 405 g/mol. The number of hydrogen-bond donors (Lipinski definition) is 1. The fourth-order valence-electron chi connectivity index (χ4n) is 3.69. The Morgan fingerprint density at radius 3 is 2.35 bits per heavy atom. The van der Waals surface area contributed by atoms with Gasteiger partial charge in [0.25, 0.3) is 5.91 Å². The lowest BCUT2D eigenvalue weighted by Crippen LogP contribution is -2.50. The van der Waals surface area contributed by atoms with Crippen LogP contribution in [-0.2, 0) is 17.9 Å². The largest absolute Gasteiger partial charge is 0.343 e.